The van der Waals surface area contributed by atoms with E-state index in [0.717, 1.165) is 6.42 Å². The van der Waals surface area contributed by atoms with E-state index in [2.05, 4.69) is 20.7 Å². The molecule has 4 N–H and O–H groups in total. The Labute approximate surface area is 98.7 Å². The Morgan fingerprint density at radius 1 is 1.59 bits per heavy atom. The lowest BCUT2D eigenvalue weighted by Gasteiger charge is -2.15. The van der Waals surface area contributed by atoms with E-state index in [4.69, 9.17) is 10.6 Å². The molecule has 2 atom stereocenters. The molecule has 1 aliphatic rings. The first kappa shape index (κ1) is 11.7. The first-order chi connectivity index (χ1) is 8.20. The number of hydrazine groups is 1. The van der Waals surface area contributed by atoms with E-state index in [0.29, 0.717) is 12.4 Å². The van der Waals surface area contributed by atoms with Crippen LogP contribution >= 0.6 is 0 Å². The highest BCUT2D eigenvalue weighted by molar-refractivity contribution is 5.92. The fraction of sp³-hybridized carbons (Fsp3) is 0.500. The Hall–Kier alpha value is -1.73. The third kappa shape index (κ3) is 2.69. The second-order valence-corrected chi connectivity index (χ2v) is 3.88. The number of hydrogen-bond acceptors (Lipinski definition) is 6. The predicted molar refractivity (Wildman–Crippen MR) is 61.1 cm³/mol. The van der Waals surface area contributed by atoms with Crippen LogP contribution in [0.2, 0.25) is 0 Å². The Balaban J connectivity index is 2.03. The third-order valence-corrected chi connectivity index (χ3v) is 2.71. The van der Waals surface area contributed by atoms with Crippen molar-refractivity contribution in [3.8, 4) is 0 Å². The van der Waals surface area contributed by atoms with Crippen molar-refractivity contribution in [2.75, 3.05) is 12.0 Å². The van der Waals surface area contributed by atoms with Gasteiger partial charge in [0.25, 0.3) is 5.91 Å². The van der Waals surface area contributed by atoms with Crippen LogP contribution in [0.5, 0.6) is 0 Å². The summed E-state index contributed by atoms with van der Waals surface area (Å²) in [5.41, 5.74) is 2.58. The molecule has 2 unspecified atom stereocenters. The minimum atomic E-state index is -0.267. The van der Waals surface area contributed by atoms with Gasteiger partial charge in [0.2, 0.25) is 0 Å². The first-order valence-electron chi connectivity index (χ1n) is 5.42. The predicted octanol–water partition coefficient (Wildman–Crippen LogP) is -0.331. The molecule has 1 aromatic rings. The molecule has 0 aliphatic carbocycles. The van der Waals surface area contributed by atoms with Gasteiger partial charge in [-0.05, 0) is 13.3 Å². The van der Waals surface area contributed by atoms with Crippen LogP contribution in [0.1, 0.15) is 23.8 Å². The van der Waals surface area contributed by atoms with Gasteiger partial charge in [-0.2, -0.15) is 0 Å². The lowest BCUT2D eigenvalue weighted by molar-refractivity contribution is 0.0861. The maximum Gasteiger partial charge on any atom is 0.271 e. The minimum absolute atomic E-state index is 0.0267. The molecular formula is C10H15N5O2. The van der Waals surface area contributed by atoms with Gasteiger partial charge in [-0.3, -0.25) is 9.78 Å². The van der Waals surface area contributed by atoms with Gasteiger partial charge in [0, 0.05) is 6.61 Å². The maximum absolute atomic E-state index is 11.9. The lowest BCUT2D eigenvalue weighted by atomic mass is 10.1. The zero-order valence-electron chi connectivity index (χ0n) is 9.51. The molecule has 2 rings (SSSR count). The number of hydrogen-bond donors (Lipinski definition) is 3. The SMILES string of the molecule is CC1OCCC1NC(=O)c1cncc(NN)n1. The molecule has 1 aromatic heterocycles. The van der Waals surface area contributed by atoms with Crippen molar-refractivity contribution in [3.63, 3.8) is 0 Å². The highest BCUT2D eigenvalue weighted by Gasteiger charge is 2.26. The molecule has 0 saturated carbocycles. The van der Waals surface area contributed by atoms with Crippen molar-refractivity contribution in [2.45, 2.75) is 25.5 Å². The molecule has 0 radical (unpaired) electrons. The van der Waals surface area contributed by atoms with Crippen LogP contribution in [0, 0.1) is 0 Å². The molecule has 1 aliphatic heterocycles. The molecule has 7 nitrogen and oxygen atoms in total. The smallest absolute Gasteiger partial charge is 0.271 e. The van der Waals surface area contributed by atoms with Crippen LogP contribution in [0.25, 0.3) is 0 Å². The van der Waals surface area contributed by atoms with Crippen LogP contribution in [0.4, 0.5) is 5.82 Å². The van der Waals surface area contributed by atoms with Crippen molar-refractivity contribution in [3.05, 3.63) is 18.1 Å². The second-order valence-electron chi connectivity index (χ2n) is 3.88. The van der Waals surface area contributed by atoms with Gasteiger partial charge in [-0.25, -0.2) is 10.8 Å². The summed E-state index contributed by atoms with van der Waals surface area (Å²) in [5.74, 6) is 5.29. The van der Waals surface area contributed by atoms with E-state index in [1.807, 2.05) is 6.92 Å². The average molecular weight is 237 g/mol. The molecule has 92 valence electrons. The third-order valence-electron chi connectivity index (χ3n) is 2.71. The maximum atomic E-state index is 11.9. The average Bonchev–Trinajstić information content (AvgIpc) is 2.75. The molecule has 0 spiro atoms. The Kier molecular flexibility index (Phi) is 3.50. The summed E-state index contributed by atoms with van der Waals surface area (Å²) < 4.78 is 5.36. The second kappa shape index (κ2) is 5.07. The summed E-state index contributed by atoms with van der Waals surface area (Å²) in [6.45, 7) is 2.60. The summed E-state index contributed by atoms with van der Waals surface area (Å²) in [5, 5.41) is 2.86. The molecule has 1 fully saturated rings. The van der Waals surface area contributed by atoms with Crippen LogP contribution in [0.15, 0.2) is 12.4 Å². The number of nitrogens with zero attached hydrogens (tertiary/aromatic N) is 2. The molecule has 17 heavy (non-hydrogen) atoms. The number of nitrogen functional groups attached to an aromatic ring is 1. The zero-order valence-corrected chi connectivity index (χ0v) is 9.51. The topological polar surface area (TPSA) is 102 Å². The van der Waals surface area contributed by atoms with Crippen molar-refractivity contribution < 1.29 is 9.53 Å². The van der Waals surface area contributed by atoms with Gasteiger partial charge in [-0.1, -0.05) is 0 Å². The number of aromatic nitrogens is 2. The Morgan fingerprint density at radius 3 is 3.06 bits per heavy atom. The van der Waals surface area contributed by atoms with Gasteiger partial charge in [-0.15, -0.1) is 0 Å². The molecule has 0 aromatic carbocycles. The number of ether oxygens (including phenoxy) is 1. The van der Waals surface area contributed by atoms with Crippen LogP contribution < -0.4 is 16.6 Å². The molecule has 2 heterocycles. The van der Waals surface area contributed by atoms with Crippen LogP contribution in [-0.4, -0.2) is 34.6 Å². The fourth-order valence-corrected chi connectivity index (χ4v) is 1.71. The van der Waals surface area contributed by atoms with E-state index >= 15 is 0 Å². The standard InChI is InChI=1S/C10H15N5O2/c1-6-7(2-3-17-6)14-10(16)8-4-12-5-9(13-8)15-11/h4-7H,2-3,11H2,1H3,(H,13,15)(H,14,16). The summed E-state index contributed by atoms with van der Waals surface area (Å²) >= 11 is 0. The number of anilines is 1. The number of nitrogens with two attached hydrogens (primary N) is 1. The van der Waals surface area contributed by atoms with E-state index in [1.54, 1.807) is 0 Å². The van der Waals surface area contributed by atoms with E-state index < -0.39 is 0 Å². The zero-order chi connectivity index (χ0) is 12.3. The minimum Gasteiger partial charge on any atom is -0.376 e. The summed E-state index contributed by atoms with van der Waals surface area (Å²) in [6.07, 6.45) is 3.69. The van der Waals surface area contributed by atoms with Crippen molar-refractivity contribution in [2.24, 2.45) is 5.84 Å². The largest absolute Gasteiger partial charge is 0.376 e. The van der Waals surface area contributed by atoms with Crippen molar-refractivity contribution in [1.82, 2.24) is 15.3 Å². The Morgan fingerprint density at radius 2 is 2.41 bits per heavy atom. The first-order valence-corrected chi connectivity index (χ1v) is 5.42. The summed E-state index contributed by atoms with van der Waals surface area (Å²) in [7, 11) is 0. The van der Waals surface area contributed by atoms with Crippen LogP contribution in [-0.2, 0) is 4.74 Å². The number of rotatable bonds is 3. The van der Waals surface area contributed by atoms with Gasteiger partial charge in [0.1, 0.15) is 5.69 Å². The number of nitrogens with one attached hydrogen (secondary N) is 2. The van der Waals surface area contributed by atoms with Crippen molar-refractivity contribution >= 4 is 11.7 Å². The van der Waals surface area contributed by atoms with E-state index in [-0.39, 0.29) is 23.7 Å². The number of amides is 1. The van der Waals surface area contributed by atoms with Gasteiger partial charge in [0.05, 0.1) is 24.5 Å². The van der Waals surface area contributed by atoms with Crippen molar-refractivity contribution in [1.29, 1.82) is 0 Å². The monoisotopic (exact) mass is 237 g/mol. The number of carbonyl (C=O) groups excluding carboxylic acids is 1. The lowest BCUT2D eigenvalue weighted by Crippen LogP contribution is -2.39. The highest BCUT2D eigenvalue weighted by atomic mass is 16.5. The normalized spacial score (nSPS) is 23.4. The van der Waals surface area contributed by atoms with E-state index in [9.17, 15) is 4.79 Å². The quantitative estimate of drug-likeness (QED) is 0.491. The van der Waals surface area contributed by atoms with Crippen LogP contribution in [0.3, 0.4) is 0 Å². The van der Waals surface area contributed by atoms with Gasteiger partial charge < -0.3 is 15.5 Å². The molecule has 1 saturated heterocycles. The molecule has 7 heteroatoms. The van der Waals surface area contributed by atoms with Gasteiger partial charge >= 0.3 is 0 Å². The number of carbonyl (C=O) groups is 1. The summed E-state index contributed by atoms with van der Waals surface area (Å²) in [4.78, 5) is 19.8. The van der Waals surface area contributed by atoms with Gasteiger partial charge in [0.15, 0.2) is 5.82 Å². The summed E-state index contributed by atoms with van der Waals surface area (Å²) in [6, 6.07) is 0.0267. The Bertz CT molecular complexity index is 411. The highest BCUT2D eigenvalue weighted by Crippen LogP contribution is 2.13. The molecular weight excluding hydrogens is 222 g/mol. The molecule has 1 amide bonds. The van der Waals surface area contributed by atoms with E-state index in [1.165, 1.54) is 12.4 Å². The molecule has 0 bridgehead atoms. The fourth-order valence-electron chi connectivity index (χ4n) is 1.71.